The molecule has 0 spiro atoms. The summed E-state index contributed by atoms with van der Waals surface area (Å²) in [5, 5.41) is 3.45. The predicted octanol–water partition coefficient (Wildman–Crippen LogP) is 2.67. The van der Waals surface area contributed by atoms with E-state index in [0.29, 0.717) is 18.2 Å². The molecule has 0 amide bonds. The minimum atomic E-state index is -3.32. The first-order chi connectivity index (χ1) is 12.6. The van der Waals surface area contributed by atoms with E-state index in [9.17, 15) is 8.42 Å². The lowest BCUT2D eigenvalue weighted by Gasteiger charge is -2.43. The van der Waals surface area contributed by atoms with Crippen molar-refractivity contribution in [1.82, 2.24) is 14.6 Å². The minimum absolute atomic E-state index is 0.0974. The fourth-order valence-corrected chi connectivity index (χ4v) is 7.05. The molecule has 1 aromatic rings. The number of pyridine rings is 1. The van der Waals surface area contributed by atoms with Crippen molar-refractivity contribution < 1.29 is 13.2 Å². The van der Waals surface area contributed by atoms with E-state index < -0.39 is 15.7 Å². The summed E-state index contributed by atoms with van der Waals surface area (Å²) in [7, 11) is -3.32. The molecule has 144 valence electrons. The van der Waals surface area contributed by atoms with E-state index >= 15 is 0 Å². The summed E-state index contributed by atoms with van der Waals surface area (Å²) in [6.45, 7) is 1.06. The fraction of sp³-hybridized carbons (Fsp3) is 0.737. The Labute approximate surface area is 156 Å². The fourth-order valence-electron chi connectivity index (χ4n) is 4.93. The number of piperidine rings is 1. The molecule has 3 atom stereocenters. The van der Waals surface area contributed by atoms with Crippen molar-refractivity contribution in [2.75, 3.05) is 12.3 Å². The number of fused-ring (bicyclic) bond motifs is 2. The Balaban J connectivity index is 1.48. The van der Waals surface area contributed by atoms with Crippen LogP contribution in [0.15, 0.2) is 24.5 Å². The molecular weight excluding hydrogens is 350 g/mol. The van der Waals surface area contributed by atoms with Gasteiger partial charge >= 0.3 is 0 Å². The topological polar surface area (TPSA) is 71.5 Å². The molecule has 0 radical (unpaired) electrons. The molecule has 0 aliphatic carbocycles. The lowest BCUT2D eigenvalue weighted by molar-refractivity contribution is -0.0459. The van der Waals surface area contributed by atoms with E-state index in [2.05, 4.69) is 10.3 Å². The highest BCUT2D eigenvalue weighted by molar-refractivity contribution is 7.89. The Morgan fingerprint density at radius 1 is 1.19 bits per heavy atom. The first-order valence-corrected chi connectivity index (χ1v) is 11.5. The zero-order valence-electron chi connectivity index (χ0n) is 15.3. The Morgan fingerprint density at radius 2 is 2.04 bits per heavy atom. The van der Waals surface area contributed by atoms with Gasteiger partial charge in [-0.1, -0.05) is 0 Å². The van der Waals surface area contributed by atoms with E-state index in [-0.39, 0.29) is 11.8 Å². The van der Waals surface area contributed by atoms with Crippen LogP contribution >= 0.6 is 0 Å². The SMILES string of the molecule is O=S(=O)(CCC[C@@H]1CCCN1)N1C2CCCC1(Oc1ccncc1)CC2. The number of ether oxygens (including phenoxy) is 1. The highest BCUT2D eigenvalue weighted by atomic mass is 32.2. The van der Waals surface area contributed by atoms with Crippen molar-refractivity contribution in [1.29, 1.82) is 0 Å². The number of nitrogens with zero attached hydrogens (tertiary/aromatic N) is 2. The summed E-state index contributed by atoms with van der Waals surface area (Å²) >= 11 is 0. The van der Waals surface area contributed by atoms with Gasteiger partial charge in [0.1, 0.15) is 5.75 Å². The Morgan fingerprint density at radius 3 is 2.81 bits per heavy atom. The van der Waals surface area contributed by atoms with E-state index in [1.807, 2.05) is 12.1 Å². The van der Waals surface area contributed by atoms with Crippen molar-refractivity contribution in [2.24, 2.45) is 0 Å². The molecule has 1 N–H and O–H groups in total. The maximum absolute atomic E-state index is 13.2. The maximum atomic E-state index is 13.2. The van der Waals surface area contributed by atoms with Gasteiger partial charge in [0.05, 0.1) is 5.75 Å². The highest BCUT2D eigenvalue weighted by Crippen LogP contribution is 2.47. The molecule has 4 rings (SSSR count). The number of hydrogen-bond acceptors (Lipinski definition) is 5. The number of rotatable bonds is 7. The Bertz CT molecular complexity index is 702. The van der Waals surface area contributed by atoms with Crippen LogP contribution in [0.1, 0.15) is 57.8 Å². The first kappa shape index (κ1) is 18.2. The molecule has 26 heavy (non-hydrogen) atoms. The molecular formula is C19H29N3O3S. The first-order valence-electron chi connectivity index (χ1n) is 9.94. The summed E-state index contributed by atoms with van der Waals surface area (Å²) in [4.78, 5) is 4.03. The van der Waals surface area contributed by atoms with Gasteiger partial charge in [-0.3, -0.25) is 4.98 Å². The molecule has 3 aliphatic heterocycles. The van der Waals surface area contributed by atoms with Crippen LogP contribution in [0, 0.1) is 0 Å². The van der Waals surface area contributed by atoms with Gasteiger partial charge in [-0.25, -0.2) is 8.42 Å². The number of sulfonamides is 1. The molecule has 4 heterocycles. The number of hydrogen-bond donors (Lipinski definition) is 1. The second-order valence-corrected chi connectivity index (χ2v) is 9.83. The zero-order valence-corrected chi connectivity index (χ0v) is 16.1. The summed E-state index contributed by atoms with van der Waals surface area (Å²) in [5.41, 5.74) is -0.700. The quantitative estimate of drug-likeness (QED) is 0.789. The van der Waals surface area contributed by atoms with E-state index in [0.717, 1.165) is 45.1 Å². The summed E-state index contributed by atoms with van der Waals surface area (Å²) in [5.74, 6) is 0.932. The standard InChI is InChI=1S/C19H29N3O3S/c23-26(24,15-3-5-16-4-2-12-21-16)22-17-6-1-10-19(22,11-7-17)25-18-8-13-20-14-9-18/h8-9,13-14,16-17,21H,1-7,10-12,15H2/t16-,17?,19?/m0/s1. The second kappa shape index (κ2) is 7.44. The summed E-state index contributed by atoms with van der Waals surface area (Å²) in [6, 6.07) is 4.21. The molecule has 3 saturated heterocycles. The average Bonchev–Trinajstić information content (AvgIpc) is 3.21. The molecule has 0 aromatic carbocycles. The van der Waals surface area contributed by atoms with Crippen LogP contribution in [0.5, 0.6) is 5.75 Å². The van der Waals surface area contributed by atoms with Crippen LogP contribution in [0.2, 0.25) is 0 Å². The van der Waals surface area contributed by atoms with Gasteiger partial charge in [-0.05, 0) is 63.6 Å². The molecule has 3 fully saturated rings. The van der Waals surface area contributed by atoms with Gasteiger partial charge < -0.3 is 10.1 Å². The molecule has 6 nitrogen and oxygen atoms in total. The smallest absolute Gasteiger partial charge is 0.217 e. The van der Waals surface area contributed by atoms with E-state index in [4.69, 9.17) is 4.74 Å². The van der Waals surface area contributed by atoms with Crippen molar-refractivity contribution in [3.05, 3.63) is 24.5 Å². The zero-order chi connectivity index (χ0) is 18.0. The molecule has 1 aromatic heterocycles. The number of aromatic nitrogens is 1. The van der Waals surface area contributed by atoms with Crippen molar-refractivity contribution >= 4 is 10.0 Å². The van der Waals surface area contributed by atoms with Gasteiger partial charge in [0.2, 0.25) is 10.0 Å². The van der Waals surface area contributed by atoms with Gasteiger partial charge in [0.15, 0.2) is 5.72 Å². The van der Waals surface area contributed by atoms with Crippen LogP contribution < -0.4 is 10.1 Å². The molecule has 2 bridgehead atoms. The third-order valence-corrected chi connectivity index (χ3v) is 8.12. The highest BCUT2D eigenvalue weighted by Gasteiger charge is 2.56. The van der Waals surface area contributed by atoms with E-state index in [1.165, 1.54) is 12.8 Å². The molecule has 7 heteroatoms. The van der Waals surface area contributed by atoms with Crippen LogP contribution in [0.25, 0.3) is 0 Å². The van der Waals surface area contributed by atoms with Gasteiger partial charge in [-0.15, -0.1) is 0 Å². The maximum Gasteiger partial charge on any atom is 0.217 e. The molecule has 0 saturated carbocycles. The van der Waals surface area contributed by atoms with Crippen molar-refractivity contribution in [3.8, 4) is 5.75 Å². The van der Waals surface area contributed by atoms with Gasteiger partial charge in [-0.2, -0.15) is 4.31 Å². The summed E-state index contributed by atoms with van der Waals surface area (Å²) < 4.78 is 34.5. The average molecular weight is 380 g/mol. The van der Waals surface area contributed by atoms with Gasteiger partial charge in [0.25, 0.3) is 0 Å². The van der Waals surface area contributed by atoms with Crippen LogP contribution in [-0.4, -0.2) is 47.8 Å². The largest absolute Gasteiger partial charge is 0.471 e. The minimum Gasteiger partial charge on any atom is -0.471 e. The van der Waals surface area contributed by atoms with Crippen molar-refractivity contribution in [2.45, 2.75) is 75.6 Å². The summed E-state index contributed by atoms with van der Waals surface area (Å²) in [6.07, 6.45) is 11.8. The Kier molecular flexibility index (Phi) is 5.21. The second-order valence-electron chi connectivity index (χ2n) is 7.86. The van der Waals surface area contributed by atoms with Gasteiger partial charge in [0, 0.05) is 37.3 Å². The predicted molar refractivity (Wildman–Crippen MR) is 100 cm³/mol. The number of nitrogens with one attached hydrogen (secondary N) is 1. The Hall–Kier alpha value is -1.18. The third-order valence-electron chi connectivity index (χ3n) is 6.08. The van der Waals surface area contributed by atoms with Crippen LogP contribution in [-0.2, 0) is 10.0 Å². The van der Waals surface area contributed by atoms with Crippen molar-refractivity contribution in [3.63, 3.8) is 0 Å². The molecule has 2 unspecified atom stereocenters. The van der Waals surface area contributed by atoms with E-state index in [1.54, 1.807) is 16.7 Å². The monoisotopic (exact) mass is 379 g/mol. The van der Waals surface area contributed by atoms with Crippen LogP contribution in [0.3, 0.4) is 0 Å². The third kappa shape index (κ3) is 3.62. The lowest BCUT2D eigenvalue weighted by atomic mass is 10.0. The normalized spacial score (nSPS) is 32.0. The molecule has 3 aliphatic rings. The van der Waals surface area contributed by atoms with Crippen LogP contribution in [0.4, 0.5) is 0 Å². The lowest BCUT2D eigenvalue weighted by Crippen LogP contribution is -2.57.